The van der Waals surface area contributed by atoms with Crippen LogP contribution in [0.3, 0.4) is 0 Å². The summed E-state index contributed by atoms with van der Waals surface area (Å²) >= 11 is 0. The monoisotopic (exact) mass is 307 g/mol. The van der Waals surface area contributed by atoms with Gasteiger partial charge in [-0.25, -0.2) is 0 Å². The van der Waals surface area contributed by atoms with Gasteiger partial charge in [-0.3, -0.25) is 9.59 Å². The molecule has 0 radical (unpaired) electrons. The summed E-state index contributed by atoms with van der Waals surface area (Å²) in [4.78, 5) is 21.7. The zero-order chi connectivity index (χ0) is 15.3. The van der Waals surface area contributed by atoms with Crippen LogP contribution in [0.4, 0.5) is 0 Å². The van der Waals surface area contributed by atoms with E-state index in [0.29, 0.717) is 0 Å². The number of nitrogens with one attached hydrogen (secondary N) is 1. The number of aliphatic carboxylic acids is 1. The van der Waals surface area contributed by atoms with Gasteiger partial charge in [0.25, 0.3) is 10.2 Å². The summed E-state index contributed by atoms with van der Waals surface area (Å²) in [6.45, 7) is 0. The fraction of sp³-hybridized carbons (Fsp3) is 0.818. The van der Waals surface area contributed by atoms with E-state index in [1.807, 2.05) is 4.72 Å². The summed E-state index contributed by atoms with van der Waals surface area (Å²) in [5.74, 6) is -2.30. The maximum atomic E-state index is 12.1. The molecule has 0 aliphatic heterocycles. The first-order valence-electron chi connectivity index (χ1n) is 6.50. The predicted molar refractivity (Wildman–Crippen MR) is 71.9 cm³/mol. The third-order valence-electron chi connectivity index (χ3n) is 3.46. The largest absolute Gasteiger partial charge is 0.480 e. The number of rotatable bonds is 7. The van der Waals surface area contributed by atoms with Crippen molar-refractivity contribution in [3.8, 4) is 0 Å². The number of primary amides is 1. The van der Waals surface area contributed by atoms with E-state index >= 15 is 0 Å². The third-order valence-corrected chi connectivity index (χ3v) is 5.10. The number of carboxylic acids is 1. The highest BCUT2D eigenvalue weighted by atomic mass is 32.2. The minimum Gasteiger partial charge on any atom is -0.480 e. The molecule has 0 bridgehead atoms. The number of carboxylic acid groups (broad SMARTS) is 1. The third kappa shape index (κ3) is 4.73. The average molecular weight is 307 g/mol. The molecular formula is C11H21N3O5S. The molecule has 0 aromatic heterocycles. The van der Waals surface area contributed by atoms with Gasteiger partial charge in [-0.15, -0.1) is 0 Å². The van der Waals surface area contributed by atoms with Crippen molar-refractivity contribution >= 4 is 22.1 Å². The Kier molecular flexibility index (Phi) is 5.90. The molecule has 0 aromatic carbocycles. The van der Waals surface area contributed by atoms with Gasteiger partial charge in [0.1, 0.15) is 6.04 Å². The summed E-state index contributed by atoms with van der Waals surface area (Å²) in [7, 11) is -2.54. The first kappa shape index (κ1) is 16.9. The molecule has 4 N–H and O–H groups in total. The van der Waals surface area contributed by atoms with Crippen molar-refractivity contribution in [3.05, 3.63) is 0 Å². The number of amides is 1. The smallest absolute Gasteiger partial charge is 0.322 e. The molecule has 0 heterocycles. The molecule has 0 saturated heterocycles. The van der Waals surface area contributed by atoms with Gasteiger partial charge in [0, 0.05) is 13.1 Å². The van der Waals surface area contributed by atoms with E-state index in [9.17, 15) is 18.0 Å². The van der Waals surface area contributed by atoms with Gasteiger partial charge >= 0.3 is 5.97 Å². The molecule has 1 aliphatic carbocycles. The molecule has 20 heavy (non-hydrogen) atoms. The molecule has 1 fully saturated rings. The Morgan fingerprint density at radius 2 is 1.90 bits per heavy atom. The minimum atomic E-state index is -3.96. The molecule has 116 valence electrons. The molecule has 1 saturated carbocycles. The summed E-state index contributed by atoms with van der Waals surface area (Å²) < 4.78 is 27.4. The second kappa shape index (κ2) is 7.00. The summed E-state index contributed by atoms with van der Waals surface area (Å²) in [5.41, 5.74) is 4.92. The Labute approximate surface area is 118 Å². The van der Waals surface area contributed by atoms with E-state index in [0.717, 1.165) is 36.4 Å². The number of hydrogen-bond acceptors (Lipinski definition) is 4. The number of carbonyl (C=O) groups excluding carboxylic acids is 1. The molecule has 0 aromatic rings. The average Bonchev–Trinajstić information content (AvgIpc) is 2.37. The van der Waals surface area contributed by atoms with E-state index in [1.54, 1.807) is 0 Å². The van der Waals surface area contributed by atoms with Crippen molar-refractivity contribution in [3.63, 3.8) is 0 Å². The minimum absolute atomic E-state index is 0.135. The number of nitrogens with zero attached hydrogens (tertiary/aromatic N) is 1. The Morgan fingerprint density at radius 3 is 2.35 bits per heavy atom. The Balaban J connectivity index is 2.75. The molecule has 8 nitrogen and oxygen atoms in total. The highest BCUT2D eigenvalue weighted by Gasteiger charge is 2.32. The lowest BCUT2D eigenvalue weighted by atomic mass is 9.96. The molecule has 1 atom stereocenters. The molecule has 1 unspecified atom stereocenters. The van der Waals surface area contributed by atoms with Gasteiger partial charge in [-0.05, 0) is 12.8 Å². The van der Waals surface area contributed by atoms with Crippen molar-refractivity contribution in [2.24, 2.45) is 5.73 Å². The number of hydrogen-bond donors (Lipinski definition) is 3. The van der Waals surface area contributed by atoms with Crippen LogP contribution in [0.2, 0.25) is 0 Å². The van der Waals surface area contributed by atoms with Crippen molar-refractivity contribution in [2.75, 3.05) is 7.05 Å². The van der Waals surface area contributed by atoms with Crippen molar-refractivity contribution < 1.29 is 23.1 Å². The van der Waals surface area contributed by atoms with E-state index in [-0.39, 0.29) is 6.04 Å². The normalized spacial score (nSPS) is 18.9. The van der Waals surface area contributed by atoms with Crippen LogP contribution in [0.1, 0.15) is 38.5 Å². The SMILES string of the molecule is CN(C1CCCCC1)S(=O)(=O)NC(CC(N)=O)C(=O)O. The summed E-state index contributed by atoms with van der Waals surface area (Å²) in [6, 6.07) is -1.67. The summed E-state index contributed by atoms with van der Waals surface area (Å²) in [5, 5.41) is 8.92. The van der Waals surface area contributed by atoms with Crippen LogP contribution >= 0.6 is 0 Å². The topological polar surface area (TPSA) is 130 Å². The van der Waals surface area contributed by atoms with Gasteiger partial charge in [-0.1, -0.05) is 19.3 Å². The van der Waals surface area contributed by atoms with Crippen LogP contribution in [-0.4, -0.2) is 48.8 Å². The quantitative estimate of drug-likeness (QED) is 0.579. The van der Waals surface area contributed by atoms with Crippen LogP contribution < -0.4 is 10.5 Å². The standard InChI is InChI=1S/C11H21N3O5S/c1-14(8-5-3-2-4-6-8)20(18,19)13-9(11(16)17)7-10(12)15/h8-9,13H,2-7H2,1H3,(H2,12,15)(H,16,17). The zero-order valence-electron chi connectivity index (χ0n) is 11.4. The van der Waals surface area contributed by atoms with Crippen LogP contribution in [0.25, 0.3) is 0 Å². The second-order valence-electron chi connectivity index (χ2n) is 4.99. The first-order valence-corrected chi connectivity index (χ1v) is 7.94. The fourth-order valence-electron chi connectivity index (χ4n) is 2.28. The van der Waals surface area contributed by atoms with Crippen LogP contribution in [-0.2, 0) is 19.8 Å². The lowest BCUT2D eigenvalue weighted by Crippen LogP contribution is -2.51. The highest BCUT2D eigenvalue weighted by molar-refractivity contribution is 7.87. The van der Waals surface area contributed by atoms with Gasteiger partial charge < -0.3 is 10.8 Å². The van der Waals surface area contributed by atoms with Crippen molar-refractivity contribution in [1.29, 1.82) is 0 Å². The van der Waals surface area contributed by atoms with Crippen LogP contribution in [0.15, 0.2) is 0 Å². The predicted octanol–water partition coefficient (Wildman–Crippen LogP) is -0.586. The Hall–Kier alpha value is -1.19. The first-order chi connectivity index (χ1) is 9.24. The van der Waals surface area contributed by atoms with Gasteiger partial charge in [0.2, 0.25) is 5.91 Å². The molecule has 0 spiro atoms. The van der Waals surface area contributed by atoms with Crippen LogP contribution in [0.5, 0.6) is 0 Å². The molecule has 1 rings (SSSR count). The van der Waals surface area contributed by atoms with E-state index < -0.39 is 34.5 Å². The van der Waals surface area contributed by atoms with Crippen molar-refractivity contribution in [2.45, 2.75) is 50.6 Å². The Bertz CT molecular complexity index is 459. The maximum Gasteiger partial charge on any atom is 0.322 e. The van der Waals surface area contributed by atoms with Gasteiger partial charge in [0.15, 0.2) is 0 Å². The zero-order valence-corrected chi connectivity index (χ0v) is 12.2. The maximum absolute atomic E-state index is 12.1. The second-order valence-corrected chi connectivity index (χ2v) is 6.75. The van der Waals surface area contributed by atoms with E-state index in [4.69, 9.17) is 10.8 Å². The lowest BCUT2D eigenvalue weighted by molar-refractivity contribution is -0.140. The lowest BCUT2D eigenvalue weighted by Gasteiger charge is -2.31. The van der Waals surface area contributed by atoms with E-state index in [1.165, 1.54) is 7.05 Å². The van der Waals surface area contributed by atoms with Gasteiger partial charge in [-0.2, -0.15) is 17.4 Å². The van der Waals surface area contributed by atoms with Gasteiger partial charge in [0.05, 0.1) is 6.42 Å². The molecular weight excluding hydrogens is 286 g/mol. The highest BCUT2D eigenvalue weighted by Crippen LogP contribution is 2.23. The van der Waals surface area contributed by atoms with Crippen molar-refractivity contribution in [1.82, 2.24) is 9.03 Å². The Morgan fingerprint density at radius 1 is 1.35 bits per heavy atom. The fourth-order valence-corrected chi connectivity index (χ4v) is 3.60. The summed E-state index contributed by atoms with van der Waals surface area (Å²) in [6.07, 6.45) is 3.92. The molecule has 9 heteroatoms. The molecule has 1 aliphatic rings. The number of carbonyl (C=O) groups is 2. The number of nitrogens with two attached hydrogens (primary N) is 1. The van der Waals surface area contributed by atoms with E-state index in [2.05, 4.69) is 0 Å². The molecule has 1 amide bonds. The van der Waals surface area contributed by atoms with Crippen LogP contribution in [0, 0.1) is 0 Å².